The summed E-state index contributed by atoms with van der Waals surface area (Å²) in [5.41, 5.74) is 2.31. The van der Waals surface area contributed by atoms with Crippen molar-refractivity contribution >= 4 is 22.8 Å². The van der Waals surface area contributed by atoms with Crippen molar-refractivity contribution in [3.8, 4) is 17.4 Å². The van der Waals surface area contributed by atoms with E-state index in [-0.39, 0.29) is 17.6 Å². The largest absolute Gasteiger partial charge is 0.494 e. The Balaban J connectivity index is 1.59. The number of hydrogen-bond acceptors (Lipinski definition) is 4. The molecule has 2 aromatic heterocycles. The van der Waals surface area contributed by atoms with Gasteiger partial charge >= 0.3 is 0 Å². The Kier molecular flexibility index (Phi) is 3.85. The summed E-state index contributed by atoms with van der Waals surface area (Å²) >= 11 is 1.35. The smallest absolute Gasteiger partial charge is 0.212 e. The lowest BCUT2D eigenvalue weighted by Crippen LogP contribution is -1.92. The number of rotatable bonds is 4. The second-order valence-electron chi connectivity index (χ2n) is 5.49. The number of halogens is 1. The van der Waals surface area contributed by atoms with E-state index in [0.29, 0.717) is 16.3 Å². The molecule has 0 saturated carbocycles. The number of aromatic nitrogens is 3. The van der Waals surface area contributed by atoms with E-state index in [1.807, 2.05) is 24.3 Å². The normalized spacial score (nSPS) is 11.2. The molecule has 3 N–H and O–H groups in total. The van der Waals surface area contributed by atoms with Crippen molar-refractivity contribution in [3.05, 3.63) is 66.2 Å². The highest BCUT2D eigenvalue weighted by Crippen LogP contribution is 2.39. The molecule has 0 fully saturated rings. The second-order valence-corrected chi connectivity index (χ2v) is 6.51. The molecule has 7 heteroatoms. The lowest BCUT2D eigenvalue weighted by Gasteiger charge is -2.06. The van der Waals surface area contributed by atoms with Crippen LogP contribution in [0.1, 0.15) is 5.82 Å². The predicted molar refractivity (Wildman–Crippen MR) is 94.7 cm³/mol. The summed E-state index contributed by atoms with van der Waals surface area (Å²) in [5, 5.41) is 20.5. The molecular weight excluding hydrogens is 341 g/mol. The quantitative estimate of drug-likeness (QED) is 0.480. The van der Waals surface area contributed by atoms with Gasteiger partial charge in [-0.05, 0) is 36.4 Å². The first-order chi connectivity index (χ1) is 12.1. The van der Waals surface area contributed by atoms with Crippen LogP contribution in [0.3, 0.4) is 0 Å². The SMILES string of the molecule is Oc1cc(SCc2nc3ccccc3[nH]2)c(O)n1-c1ccc(F)cc1. The van der Waals surface area contributed by atoms with Crippen LogP contribution in [0.25, 0.3) is 16.7 Å². The molecule has 0 radical (unpaired) electrons. The van der Waals surface area contributed by atoms with E-state index >= 15 is 0 Å². The van der Waals surface area contributed by atoms with Gasteiger partial charge in [0.2, 0.25) is 5.88 Å². The van der Waals surface area contributed by atoms with Crippen molar-refractivity contribution in [2.24, 2.45) is 0 Å². The third-order valence-corrected chi connectivity index (χ3v) is 4.84. The summed E-state index contributed by atoms with van der Waals surface area (Å²) in [7, 11) is 0. The number of aromatic amines is 1. The Bertz CT molecular complexity index is 1010. The zero-order valence-electron chi connectivity index (χ0n) is 13.0. The molecule has 25 heavy (non-hydrogen) atoms. The van der Waals surface area contributed by atoms with Gasteiger partial charge in [-0.15, -0.1) is 11.8 Å². The van der Waals surface area contributed by atoms with E-state index in [9.17, 15) is 14.6 Å². The Morgan fingerprint density at radius 2 is 1.84 bits per heavy atom. The van der Waals surface area contributed by atoms with Crippen molar-refractivity contribution < 1.29 is 14.6 Å². The highest BCUT2D eigenvalue weighted by atomic mass is 32.2. The Labute approximate surface area is 146 Å². The van der Waals surface area contributed by atoms with E-state index in [1.54, 1.807) is 0 Å². The summed E-state index contributed by atoms with van der Waals surface area (Å²) in [6.45, 7) is 0. The summed E-state index contributed by atoms with van der Waals surface area (Å²) < 4.78 is 14.3. The fourth-order valence-corrected chi connectivity index (χ4v) is 3.47. The van der Waals surface area contributed by atoms with Gasteiger partial charge in [-0.3, -0.25) is 4.57 Å². The van der Waals surface area contributed by atoms with Gasteiger partial charge < -0.3 is 15.2 Å². The zero-order valence-corrected chi connectivity index (χ0v) is 13.8. The van der Waals surface area contributed by atoms with Crippen LogP contribution >= 0.6 is 11.8 Å². The molecule has 0 amide bonds. The molecule has 0 unspecified atom stereocenters. The Hall–Kier alpha value is -2.93. The van der Waals surface area contributed by atoms with E-state index in [1.165, 1.54) is 46.7 Å². The number of fused-ring (bicyclic) bond motifs is 1. The fourth-order valence-electron chi connectivity index (χ4n) is 2.64. The zero-order chi connectivity index (χ0) is 17.4. The molecule has 2 heterocycles. The summed E-state index contributed by atoms with van der Waals surface area (Å²) in [6.07, 6.45) is 0. The van der Waals surface area contributed by atoms with Crippen molar-refractivity contribution in [2.75, 3.05) is 0 Å². The number of H-pyrrole nitrogens is 1. The summed E-state index contributed by atoms with van der Waals surface area (Å²) in [5.74, 6) is 0.699. The maximum Gasteiger partial charge on any atom is 0.212 e. The van der Waals surface area contributed by atoms with Crippen LogP contribution in [-0.2, 0) is 5.75 Å². The van der Waals surface area contributed by atoms with Gasteiger partial charge in [0, 0.05) is 6.07 Å². The van der Waals surface area contributed by atoms with Crippen LogP contribution in [0.2, 0.25) is 0 Å². The minimum atomic E-state index is -0.380. The fraction of sp³-hybridized carbons (Fsp3) is 0.0556. The first kappa shape index (κ1) is 15.6. The topological polar surface area (TPSA) is 74.1 Å². The molecule has 0 spiro atoms. The molecule has 4 aromatic rings. The lowest BCUT2D eigenvalue weighted by atomic mass is 10.3. The molecule has 0 saturated heterocycles. The number of benzene rings is 2. The van der Waals surface area contributed by atoms with Gasteiger partial charge in [-0.1, -0.05) is 12.1 Å². The van der Waals surface area contributed by atoms with Crippen molar-refractivity contribution in [2.45, 2.75) is 10.6 Å². The molecule has 0 aliphatic heterocycles. The molecule has 0 bridgehead atoms. The minimum Gasteiger partial charge on any atom is -0.494 e. The number of imidazole rings is 1. The van der Waals surface area contributed by atoms with Gasteiger partial charge in [0.15, 0.2) is 5.88 Å². The minimum absolute atomic E-state index is 0.0924. The van der Waals surface area contributed by atoms with Gasteiger partial charge in [0.1, 0.15) is 11.6 Å². The first-order valence-electron chi connectivity index (χ1n) is 7.58. The van der Waals surface area contributed by atoms with E-state index in [2.05, 4.69) is 9.97 Å². The molecule has 0 aliphatic rings. The van der Waals surface area contributed by atoms with Gasteiger partial charge in [-0.2, -0.15) is 0 Å². The number of hydrogen-bond donors (Lipinski definition) is 3. The molecule has 4 rings (SSSR count). The number of nitrogens with zero attached hydrogens (tertiary/aromatic N) is 2. The molecule has 0 aliphatic carbocycles. The lowest BCUT2D eigenvalue weighted by molar-refractivity contribution is 0.398. The maximum atomic E-state index is 13.1. The van der Waals surface area contributed by atoms with Gasteiger partial charge in [0.05, 0.1) is 27.4 Å². The van der Waals surface area contributed by atoms with E-state index in [4.69, 9.17) is 0 Å². The van der Waals surface area contributed by atoms with Crippen LogP contribution in [0.15, 0.2) is 59.5 Å². The number of thioether (sulfide) groups is 1. The van der Waals surface area contributed by atoms with Crippen molar-refractivity contribution in [3.63, 3.8) is 0 Å². The molecule has 0 atom stereocenters. The van der Waals surface area contributed by atoms with Crippen LogP contribution in [0, 0.1) is 5.82 Å². The molecular formula is C18H14FN3O2S. The highest BCUT2D eigenvalue weighted by Gasteiger charge is 2.16. The highest BCUT2D eigenvalue weighted by molar-refractivity contribution is 7.98. The van der Waals surface area contributed by atoms with Crippen molar-refractivity contribution in [1.82, 2.24) is 14.5 Å². The maximum absolute atomic E-state index is 13.1. The number of aromatic hydroxyl groups is 2. The van der Waals surface area contributed by atoms with Crippen LogP contribution in [0.5, 0.6) is 11.8 Å². The number of nitrogens with one attached hydrogen (secondary N) is 1. The molecule has 2 aromatic carbocycles. The van der Waals surface area contributed by atoms with Crippen molar-refractivity contribution in [1.29, 1.82) is 0 Å². The molecule has 5 nitrogen and oxygen atoms in total. The van der Waals surface area contributed by atoms with Gasteiger partial charge in [-0.25, -0.2) is 9.37 Å². The average Bonchev–Trinajstić information content (AvgIpc) is 3.14. The van der Waals surface area contributed by atoms with Crippen LogP contribution in [-0.4, -0.2) is 24.7 Å². The van der Waals surface area contributed by atoms with Crippen LogP contribution < -0.4 is 0 Å². The first-order valence-corrected chi connectivity index (χ1v) is 8.56. The van der Waals surface area contributed by atoms with E-state index < -0.39 is 0 Å². The predicted octanol–water partition coefficient (Wildman–Crippen LogP) is 4.20. The second kappa shape index (κ2) is 6.18. The average molecular weight is 355 g/mol. The Morgan fingerprint density at radius 1 is 1.08 bits per heavy atom. The summed E-state index contributed by atoms with van der Waals surface area (Å²) in [6, 6.07) is 14.7. The third kappa shape index (κ3) is 2.94. The monoisotopic (exact) mass is 355 g/mol. The molecule has 126 valence electrons. The van der Waals surface area contributed by atoms with Gasteiger partial charge in [0.25, 0.3) is 0 Å². The summed E-state index contributed by atoms with van der Waals surface area (Å²) in [4.78, 5) is 8.22. The van der Waals surface area contributed by atoms with E-state index in [0.717, 1.165) is 16.9 Å². The van der Waals surface area contributed by atoms with Crippen LogP contribution in [0.4, 0.5) is 4.39 Å². The standard InChI is InChI=1S/C18H14FN3O2S/c19-11-5-7-12(8-6-11)22-17(23)9-15(18(22)24)25-10-16-20-13-3-1-2-4-14(13)21-16/h1-9,23-24H,10H2,(H,20,21). The third-order valence-electron chi connectivity index (χ3n) is 3.81. The Morgan fingerprint density at radius 3 is 2.60 bits per heavy atom. The number of para-hydroxylation sites is 2.